The molecule has 3 aromatic rings. The maximum absolute atomic E-state index is 12.4. The fraction of sp³-hybridized carbons (Fsp3) is 0.278. The molecule has 1 aromatic carbocycles. The number of aryl methyl sites for hydroxylation is 2. The van der Waals surface area contributed by atoms with Gasteiger partial charge in [0.25, 0.3) is 5.91 Å². The van der Waals surface area contributed by atoms with Crippen LogP contribution >= 0.6 is 0 Å². The molecule has 140 valence electrons. The first kappa shape index (κ1) is 18.3. The van der Waals surface area contributed by atoms with Gasteiger partial charge in [0.05, 0.1) is 13.2 Å². The molecule has 9 nitrogen and oxygen atoms in total. The number of nitrogens with zero attached hydrogens (tertiary/aromatic N) is 5. The third-order valence-corrected chi connectivity index (χ3v) is 3.95. The smallest absolute Gasteiger partial charge is 0.356 e. The monoisotopic (exact) mass is 368 g/mol. The van der Waals surface area contributed by atoms with Gasteiger partial charge in [-0.3, -0.25) is 14.8 Å². The molecule has 0 fully saturated rings. The minimum atomic E-state index is -0.535. The highest BCUT2D eigenvalue weighted by molar-refractivity contribution is 6.03. The summed E-state index contributed by atoms with van der Waals surface area (Å²) < 4.78 is 7.87. The zero-order valence-electron chi connectivity index (χ0n) is 15.3. The lowest BCUT2D eigenvalue weighted by Crippen LogP contribution is -2.14. The van der Waals surface area contributed by atoms with Crippen molar-refractivity contribution in [3.63, 3.8) is 0 Å². The predicted molar refractivity (Wildman–Crippen MR) is 97.4 cm³/mol. The van der Waals surface area contributed by atoms with Gasteiger partial charge in [0.1, 0.15) is 12.0 Å². The molecular weight excluding hydrogens is 348 g/mol. The summed E-state index contributed by atoms with van der Waals surface area (Å²) >= 11 is 0. The van der Waals surface area contributed by atoms with Crippen LogP contribution in [-0.2, 0) is 18.3 Å². The van der Waals surface area contributed by atoms with E-state index in [1.807, 2.05) is 31.2 Å². The Morgan fingerprint density at radius 2 is 2.00 bits per heavy atom. The summed E-state index contributed by atoms with van der Waals surface area (Å²) in [7, 11) is 1.57. The summed E-state index contributed by atoms with van der Waals surface area (Å²) in [6.45, 7) is 4.53. The van der Waals surface area contributed by atoms with Gasteiger partial charge in [-0.2, -0.15) is 5.10 Å². The van der Waals surface area contributed by atoms with E-state index in [1.165, 1.54) is 10.7 Å². The average molecular weight is 368 g/mol. The van der Waals surface area contributed by atoms with E-state index in [0.717, 1.165) is 11.1 Å². The average Bonchev–Trinajstić information content (AvgIpc) is 3.23. The standard InChI is InChI=1S/C18H20N6O3/c1-4-27-17(26)15-9-14(21-23(15)3)16(25)20-18-19-11-24(22-18)10-13-8-6-5-7-12(13)2/h5-9,11H,4,10H2,1-3H3,(H,20,22,25). The van der Waals surface area contributed by atoms with E-state index in [1.54, 1.807) is 25.0 Å². The first-order valence-electron chi connectivity index (χ1n) is 8.44. The second-order valence-electron chi connectivity index (χ2n) is 5.91. The molecule has 0 aliphatic rings. The fourth-order valence-corrected chi connectivity index (χ4v) is 2.53. The Hall–Kier alpha value is -3.49. The molecule has 0 unspecified atom stereocenters. The van der Waals surface area contributed by atoms with Crippen molar-refractivity contribution in [2.75, 3.05) is 11.9 Å². The fourth-order valence-electron chi connectivity index (χ4n) is 2.53. The van der Waals surface area contributed by atoms with E-state index < -0.39 is 11.9 Å². The van der Waals surface area contributed by atoms with Gasteiger partial charge in [-0.1, -0.05) is 24.3 Å². The quantitative estimate of drug-likeness (QED) is 0.665. The third kappa shape index (κ3) is 4.20. The number of hydrogen-bond donors (Lipinski definition) is 1. The number of nitrogens with one attached hydrogen (secondary N) is 1. The summed E-state index contributed by atoms with van der Waals surface area (Å²) in [5.41, 5.74) is 2.54. The summed E-state index contributed by atoms with van der Waals surface area (Å²) in [5.74, 6) is -0.876. The first-order chi connectivity index (χ1) is 13.0. The van der Waals surface area contributed by atoms with Gasteiger partial charge in [-0.25, -0.2) is 14.5 Å². The van der Waals surface area contributed by atoms with E-state index in [-0.39, 0.29) is 23.9 Å². The Bertz CT molecular complexity index is 975. The number of carbonyl (C=O) groups excluding carboxylic acids is 2. The van der Waals surface area contributed by atoms with Crippen LogP contribution in [0.5, 0.6) is 0 Å². The van der Waals surface area contributed by atoms with Crippen LogP contribution in [0.25, 0.3) is 0 Å². The van der Waals surface area contributed by atoms with Crippen molar-refractivity contribution in [1.82, 2.24) is 24.5 Å². The van der Waals surface area contributed by atoms with Gasteiger partial charge in [0, 0.05) is 13.1 Å². The van der Waals surface area contributed by atoms with E-state index in [0.29, 0.717) is 6.54 Å². The second kappa shape index (κ2) is 7.81. The molecule has 2 heterocycles. The van der Waals surface area contributed by atoms with Crippen LogP contribution in [0.15, 0.2) is 36.7 Å². The van der Waals surface area contributed by atoms with Crippen LogP contribution in [0.3, 0.4) is 0 Å². The van der Waals surface area contributed by atoms with Gasteiger partial charge in [0.2, 0.25) is 5.95 Å². The van der Waals surface area contributed by atoms with Gasteiger partial charge in [-0.05, 0) is 25.0 Å². The van der Waals surface area contributed by atoms with Crippen molar-refractivity contribution in [3.05, 3.63) is 59.2 Å². The van der Waals surface area contributed by atoms with Crippen molar-refractivity contribution in [2.24, 2.45) is 7.05 Å². The highest BCUT2D eigenvalue weighted by Gasteiger charge is 2.19. The molecule has 9 heteroatoms. The number of rotatable bonds is 6. The largest absolute Gasteiger partial charge is 0.461 e. The molecule has 3 rings (SSSR count). The van der Waals surface area contributed by atoms with Crippen LogP contribution in [0, 0.1) is 6.92 Å². The maximum atomic E-state index is 12.4. The minimum Gasteiger partial charge on any atom is -0.461 e. The molecule has 0 bridgehead atoms. The zero-order chi connectivity index (χ0) is 19.4. The molecule has 2 aromatic heterocycles. The Balaban J connectivity index is 1.68. The predicted octanol–water partition coefficient (Wildman–Crippen LogP) is 1.80. The first-order valence-corrected chi connectivity index (χ1v) is 8.44. The summed E-state index contributed by atoms with van der Waals surface area (Å²) in [4.78, 5) is 28.3. The normalized spacial score (nSPS) is 10.6. The number of carbonyl (C=O) groups is 2. The highest BCUT2D eigenvalue weighted by atomic mass is 16.5. The molecule has 1 amide bonds. The number of ether oxygens (including phenoxy) is 1. The molecular formula is C18H20N6O3. The highest BCUT2D eigenvalue weighted by Crippen LogP contribution is 2.10. The summed E-state index contributed by atoms with van der Waals surface area (Å²) in [6.07, 6.45) is 1.55. The van der Waals surface area contributed by atoms with Gasteiger partial charge >= 0.3 is 5.97 Å². The van der Waals surface area contributed by atoms with Crippen LogP contribution < -0.4 is 5.32 Å². The molecule has 0 aliphatic carbocycles. The SMILES string of the molecule is CCOC(=O)c1cc(C(=O)Nc2ncn(Cc3ccccc3C)n2)nn1C. The van der Waals surface area contributed by atoms with Crippen LogP contribution in [-0.4, -0.2) is 43.0 Å². The van der Waals surface area contributed by atoms with Crippen molar-refractivity contribution in [3.8, 4) is 0 Å². The van der Waals surface area contributed by atoms with Crippen molar-refractivity contribution in [2.45, 2.75) is 20.4 Å². The van der Waals surface area contributed by atoms with E-state index in [9.17, 15) is 9.59 Å². The topological polar surface area (TPSA) is 104 Å². The Labute approximate surface area is 156 Å². The van der Waals surface area contributed by atoms with Crippen LogP contribution in [0.4, 0.5) is 5.95 Å². The third-order valence-electron chi connectivity index (χ3n) is 3.95. The molecule has 27 heavy (non-hydrogen) atoms. The number of anilines is 1. The molecule has 0 radical (unpaired) electrons. The van der Waals surface area contributed by atoms with Gasteiger partial charge in [-0.15, -0.1) is 5.10 Å². The van der Waals surface area contributed by atoms with E-state index in [4.69, 9.17) is 4.74 Å². The summed E-state index contributed by atoms with van der Waals surface area (Å²) in [5, 5.41) is 10.9. The van der Waals surface area contributed by atoms with Crippen molar-refractivity contribution in [1.29, 1.82) is 0 Å². The lowest BCUT2D eigenvalue weighted by Gasteiger charge is -2.04. The number of aromatic nitrogens is 5. The lowest BCUT2D eigenvalue weighted by atomic mass is 10.1. The Morgan fingerprint density at radius 3 is 2.74 bits per heavy atom. The Morgan fingerprint density at radius 1 is 1.22 bits per heavy atom. The Kier molecular flexibility index (Phi) is 5.30. The summed E-state index contributed by atoms with van der Waals surface area (Å²) in [6, 6.07) is 9.35. The van der Waals surface area contributed by atoms with Crippen molar-refractivity contribution < 1.29 is 14.3 Å². The molecule has 0 spiro atoms. The maximum Gasteiger partial charge on any atom is 0.356 e. The molecule has 0 atom stereocenters. The number of esters is 1. The van der Waals surface area contributed by atoms with E-state index >= 15 is 0 Å². The van der Waals surface area contributed by atoms with Crippen molar-refractivity contribution >= 4 is 17.8 Å². The number of benzene rings is 1. The zero-order valence-corrected chi connectivity index (χ0v) is 15.3. The number of hydrogen-bond acceptors (Lipinski definition) is 6. The number of amides is 1. The van der Waals surface area contributed by atoms with Gasteiger partial charge < -0.3 is 4.74 Å². The van der Waals surface area contributed by atoms with Crippen LogP contribution in [0.1, 0.15) is 39.0 Å². The molecule has 0 saturated heterocycles. The molecule has 0 aliphatic heterocycles. The molecule has 1 N–H and O–H groups in total. The van der Waals surface area contributed by atoms with Crippen LogP contribution in [0.2, 0.25) is 0 Å². The minimum absolute atomic E-state index is 0.0795. The van der Waals surface area contributed by atoms with Gasteiger partial charge in [0.15, 0.2) is 5.69 Å². The van der Waals surface area contributed by atoms with E-state index in [2.05, 4.69) is 20.5 Å². The second-order valence-corrected chi connectivity index (χ2v) is 5.91. The lowest BCUT2D eigenvalue weighted by molar-refractivity contribution is 0.0513. The molecule has 0 saturated carbocycles.